The Hall–Kier alpha value is -1.40. The number of nitrogens with one attached hydrogen (secondary N) is 1. The molecule has 0 saturated carbocycles. The van der Waals surface area contributed by atoms with Crippen LogP contribution < -0.4 is 11.1 Å². The number of carbonyl (C=O) groups is 1. The zero-order chi connectivity index (χ0) is 12.3. The van der Waals surface area contributed by atoms with Gasteiger partial charge in [0, 0.05) is 32.3 Å². The van der Waals surface area contributed by atoms with Gasteiger partial charge in [-0.15, -0.1) is 0 Å². The number of aryl methyl sites for hydroxylation is 1. The second-order valence-electron chi connectivity index (χ2n) is 4.33. The molecule has 3 N–H and O–H groups in total. The zero-order valence-electron chi connectivity index (χ0n) is 9.93. The van der Waals surface area contributed by atoms with Crippen molar-refractivity contribution in [1.82, 2.24) is 15.1 Å². The van der Waals surface area contributed by atoms with Gasteiger partial charge in [-0.1, -0.05) is 0 Å². The highest BCUT2D eigenvalue weighted by Crippen LogP contribution is 2.11. The molecule has 0 aromatic carbocycles. The minimum absolute atomic E-state index is 0.0223. The van der Waals surface area contributed by atoms with E-state index in [2.05, 4.69) is 10.4 Å². The Morgan fingerprint density at radius 2 is 2.53 bits per heavy atom. The molecule has 2 rings (SSSR count). The fraction of sp³-hybridized carbons (Fsp3) is 0.636. The number of nitrogens with zero attached hydrogens (tertiary/aromatic N) is 2. The van der Waals surface area contributed by atoms with E-state index in [9.17, 15) is 4.79 Å². The van der Waals surface area contributed by atoms with Crippen LogP contribution in [0.4, 0.5) is 0 Å². The van der Waals surface area contributed by atoms with Gasteiger partial charge in [0.2, 0.25) is 5.91 Å². The minimum atomic E-state index is -0.210. The van der Waals surface area contributed by atoms with Crippen LogP contribution in [0.1, 0.15) is 5.69 Å². The van der Waals surface area contributed by atoms with E-state index < -0.39 is 0 Å². The summed E-state index contributed by atoms with van der Waals surface area (Å²) in [5.41, 5.74) is 6.74. The molecule has 1 aliphatic heterocycles. The number of nitrogens with two attached hydrogens (primary N) is 1. The molecule has 0 radical (unpaired) electrons. The van der Waals surface area contributed by atoms with Gasteiger partial charge in [-0.05, 0) is 6.07 Å². The topological polar surface area (TPSA) is 82.2 Å². The lowest BCUT2D eigenvalue weighted by atomic mass is 10.0. The molecule has 1 fully saturated rings. The van der Waals surface area contributed by atoms with Crippen molar-refractivity contribution >= 4 is 5.91 Å². The molecule has 1 aromatic heterocycles. The maximum atomic E-state index is 11.8. The van der Waals surface area contributed by atoms with Crippen LogP contribution in [0.15, 0.2) is 12.3 Å². The van der Waals surface area contributed by atoms with Crippen LogP contribution in [0.3, 0.4) is 0 Å². The van der Waals surface area contributed by atoms with Crippen LogP contribution in [-0.2, 0) is 23.0 Å². The number of hydrogen-bond donors (Lipinski definition) is 2. The number of hydrogen-bond acceptors (Lipinski definition) is 4. The molecule has 0 bridgehead atoms. The first-order valence-electron chi connectivity index (χ1n) is 5.76. The second-order valence-corrected chi connectivity index (χ2v) is 4.33. The van der Waals surface area contributed by atoms with Crippen molar-refractivity contribution in [2.75, 3.05) is 19.8 Å². The van der Waals surface area contributed by atoms with Crippen molar-refractivity contribution in [3.63, 3.8) is 0 Å². The first-order chi connectivity index (χ1) is 8.16. The summed E-state index contributed by atoms with van der Waals surface area (Å²) in [7, 11) is 1.87. The van der Waals surface area contributed by atoms with Crippen molar-refractivity contribution in [2.24, 2.45) is 18.7 Å². The van der Waals surface area contributed by atoms with E-state index >= 15 is 0 Å². The third-order valence-corrected chi connectivity index (χ3v) is 2.91. The van der Waals surface area contributed by atoms with Gasteiger partial charge >= 0.3 is 0 Å². The molecule has 17 heavy (non-hydrogen) atoms. The largest absolute Gasteiger partial charge is 0.379 e. The summed E-state index contributed by atoms with van der Waals surface area (Å²) < 4.78 is 6.90. The predicted octanol–water partition coefficient (Wildman–Crippen LogP) is -0.947. The molecule has 2 heterocycles. The lowest BCUT2D eigenvalue weighted by Gasteiger charge is -2.12. The van der Waals surface area contributed by atoms with Crippen LogP contribution in [-0.4, -0.2) is 41.5 Å². The molecular formula is C11H18N4O2. The lowest BCUT2D eigenvalue weighted by molar-refractivity contribution is -0.125. The smallest absolute Gasteiger partial charge is 0.227 e. The number of amides is 1. The standard InChI is InChI=1S/C11H18N4O2/c1-15-5-3-8(14-15)2-4-13-11(16)9-6-17-7-10(9)12/h3,5,9-10H,2,4,6-7,12H2,1H3,(H,13,16). The highest BCUT2D eigenvalue weighted by Gasteiger charge is 2.30. The number of rotatable bonds is 4. The number of ether oxygens (including phenoxy) is 1. The predicted molar refractivity (Wildman–Crippen MR) is 62.2 cm³/mol. The summed E-state index contributed by atoms with van der Waals surface area (Å²) >= 11 is 0. The third kappa shape index (κ3) is 3.04. The van der Waals surface area contributed by atoms with Gasteiger partial charge in [0.25, 0.3) is 0 Å². The summed E-state index contributed by atoms with van der Waals surface area (Å²) in [6.07, 6.45) is 2.62. The Morgan fingerprint density at radius 3 is 3.12 bits per heavy atom. The van der Waals surface area contributed by atoms with E-state index in [4.69, 9.17) is 10.5 Å². The fourth-order valence-corrected chi connectivity index (χ4v) is 1.88. The molecular weight excluding hydrogens is 220 g/mol. The summed E-state index contributed by atoms with van der Waals surface area (Å²) in [4.78, 5) is 11.8. The maximum Gasteiger partial charge on any atom is 0.227 e. The minimum Gasteiger partial charge on any atom is -0.379 e. The Bertz CT molecular complexity index is 391. The van der Waals surface area contributed by atoms with E-state index in [1.807, 2.05) is 19.3 Å². The molecule has 6 heteroatoms. The molecule has 0 aliphatic carbocycles. The Balaban J connectivity index is 1.73. The Labute approximate surface area is 100 Å². The van der Waals surface area contributed by atoms with E-state index in [1.165, 1.54) is 0 Å². The van der Waals surface area contributed by atoms with Gasteiger partial charge in [0.15, 0.2) is 0 Å². The lowest BCUT2D eigenvalue weighted by Crippen LogP contribution is -2.41. The molecule has 1 aliphatic rings. The van der Waals surface area contributed by atoms with Crippen molar-refractivity contribution < 1.29 is 9.53 Å². The first kappa shape index (κ1) is 12.1. The van der Waals surface area contributed by atoms with Crippen molar-refractivity contribution in [3.05, 3.63) is 18.0 Å². The van der Waals surface area contributed by atoms with Crippen LogP contribution in [0, 0.1) is 5.92 Å². The van der Waals surface area contributed by atoms with E-state index in [-0.39, 0.29) is 17.9 Å². The van der Waals surface area contributed by atoms with Gasteiger partial charge in [0.05, 0.1) is 24.8 Å². The summed E-state index contributed by atoms with van der Waals surface area (Å²) in [6.45, 7) is 1.48. The average Bonchev–Trinajstić information content (AvgIpc) is 2.87. The van der Waals surface area contributed by atoms with Gasteiger partial charge < -0.3 is 15.8 Å². The number of aromatic nitrogens is 2. The zero-order valence-corrected chi connectivity index (χ0v) is 9.93. The van der Waals surface area contributed by atoms with Gasteiger partial charge in [-0.3, -0.25) is 9.48 Å². The second kappa shape index (κ2) is 5.29. The number of carbonyl (C=O) groups excluding carboxylic acids is 1. The normalized spacial score (nSPS) is 23.9. The third-order valence-electron chi connectivity index (χ3n) is 2.91. The quantitative estimate of drug-likeness (QED) is 0.708. The Morgan fingerprint density at radius 1 is 1.71 bits per heavy atom. The summed E-state index contributed by atoms with van der Waals surface area (Å²) in [6, 6.07) is 1.76. The molecule has 0 spiro atoms. The fourth-order valence-electron chi connectivity index (χ4n) is 1.88. The van der Waals surface area contributed by atoms with Gasteiger partial charge in [0.1, 0.15) is 0 Å². The van der Waals surface area contributed by atoms with E-state index in [0.29, 0.717) is 19.8 Å². The highest BCUT2D eigenvalue weighted by atomic mass is 16.5. The van der Waals surface area contributed by atoms with Gasteiger partial charge in [-0.2, -0.15) is 5.10 Å². The van der Waals surface area contributed by atoms with Crippen LogP contribution in [0.25, 0.3) is 0 Å². The highest BCUT2D eigenvalue weighted by molar-refractivity contribution is 5.79. The van der Waals surface area contributed by atoms with Gasteiger partial charge in [-0.25, -0.2) is 0 Å². The monoisotopic (exact) mass is 238 g/mol. The van der Waals surface area contributed by atoms with Crippen molar-refractivity contribution in [3.8, 4) is 0 Å². The SMILES string of the molecule is Cn1ccc(CCNC(=O)C2COCC2N)n1. The summed E-state index contributed by atoms with van der Waals surface area (Å²) in [5.74, 6) is -0.232. The average molecular weight is 238 g/mol. The Kier molecular flexibility index (Phi) is 3.75. The molecule has 6 nitrogen and oxygen atoms in total. The van der Waals surface area contributed by atoms with E-state index in [0.717, 1.165) is 12.1 Å². The van der Waals surface area contributed by atoms with Crippen LogP contribution >= 0.6 is 0 Å². The summed E-state index contributed by atoms with van der Waals surface area (Å²) in [5, 5.41) is 7.10. The maximum absolute atomic E-state index is 11.8. The molecule has 1 amide bonds. The van der Waals surface area contributed by atoms with Crippen molar-refractivity contribution in [2.45, 2.75) is 12.5 Å². The van der Waals surface area contributed by atoms with Crippen molar-refractivity contribution in [1.29, 1.82) is 0 Å². The van der Waals surface area contributed by atoms with Crippen LogP contribution in [0.2, 0.25) is 0 Å². The molecule has 1 saturated heterocycles. The molecule has 2 atom stereocenters. The molecule has 94 valence electrons. The van der Waals surface area contributed by atoms with Crippen LogP contribution in [0.5, 0.6) is 0 Å². The first-order valence-corrected chi connectivity index (χ1v) is 5.76. The van der Waals surface area contributed by atoms with E-state index in [1.54, 1.807) is 4.68 Å². The molecule has 2 unspecified atom stereocenters. The molecule has 1 aromatic rings.